The number of ether oxygens (including phenoxy) is 1. The molecule has 6 heteroatoms. The molecule has 1 aromatic carbocycles. The van der Waals surface area contributed by atoms with Crippen LogP contribution in [-0.4, -0.2) is 33.5 Å². The zero-order valence-corrected chi connectivity index (χ0v) is 15.0. The van der Waals surface area contributed by atoms with E-state index < -0.39 is 6.10 Å². The summed E-state index contributed by atoms with van der Waals surface area (Å²) in [6.45, 7) is 1.48. The number of H-pyrrole nitrogens is 1. The second kappa shape index (κ2) is 6.46. The van der Waals surface area contributed by atoms with Gasteiger partial charge < -0.3 is 9.84 Å². The molecule has 1 aliphatic heterocycles. The van der Waals surface area contributed by atoms with Crippen molar-refractivity contribution in [3.63, 3.8) is 0 Å². The van der Waals surface area contributed by atoms with Crippen molar-refractivity contribution in [1.29, 1.82) is 0 Å². The molecule has 2 N–H and O–H groups in total. The van der Waals surface area contributed by atoms with Gasteiger partial charge in [-0.3, -0.25) is 5.10 Å². The van der Waals surface area contributed by atoms with Crippen LogP contribution in [0.1, 0.15) is 23.8 Å². The maximum atomic E-state index is 10.7. The lowest BCUT2D eigenvalue weighted by Crippen LogP contribution is -2.21. The number of benzene rings is 1. The molecule has 0 amide bonds. The monoisotopic (exact) mass is 365 g/mol. The summed E-state index contributed by atoms with van der Waals surface area (Å²) < 4.78 is 5.41. The van der Waals surface area contributed by atoms with Gasteiger partial charge in [-0.25, -0.2) is 4.98 Å². The Kier molecular flexibility index (Phi) is 3.96. The second-order valence-corrected chi connectivity index (χ2v) is 7.87. The van der Waals surface area contributed by atoms with Crippen LogP contribution < -0.4 is 0 Å². The summed E-state index contributed by atoms with van der Waals surface area (Å²) in [5.41, 5.74) is 3.03. The number of rotatable bonds is 3. The predicted octanol–water partition coefficient (Wildman–Crippen LogP) is 4.30. The number of hydrogen-bond acceptors (Lipinski definition) is 5. The van der Waals surface area contributed by atoms with Crippen molar-refractivity contribution in [1.82, 2.24) is 15.2 Å². The molecule has 0 radical (unpaired) electrons. The maximum absolute atomic E-state index is 10.7. The molecule has 1 aliphatic rings. The lowest BCUT2D eigenvalue weighted by atomic mass is 9.93. The molecule has 26 heavy (non-hydrogen) atoms. The summed E-state index contributed by atoms with van der Waals surface area (Å²) >= 11 is 1.59. The van der Waals surface area contributed by atoms with E-state index in [-0.39, 0.29) is 5.92 Å². The standard InChI is InChI=1S/C20H19N3O2S/c24-19(12-5-7-25-8-6-12)18-10-14-2-3-16(22-20(14)26-18)13-1-4-17-15(9-13)11-21-23-17/h1-4,9-12,19,24H,5-8H2,(H,21,23). The van der Waals surface area contributed by atoms with Crippen molar-refractivity contribution in [2.75, 3.05) is 13.2 Å². The normalized spacial score (nSPS) is 17.1. The summed E-state index contributed by atoms with van der Waals surface area (Å²) in [5, 5.41) is 19.9. The van der Waals surface area contributed by atoms with Gasteiger partial charge in [0.15, 0.2) is 0 Å². The molecule has 5 rings (SSSR count). The van der Waals surface area contributed by atoms with Crippen LogP contribution in [0.2, 0.25) is 0 Å². The third-order valence-electron chi connectivity index (χ3n) is 5.14. The summed E-state index contributed by atoms with van der Waals surface area (Å²) in [6, 6.07) is 12.4. The van der Waals surface area contributed by atoms with E-state index in [1.807, 2.05) is 18.3 Å². The minimum absolute atomic E-state index is 0.278. The van der Waals surface area contributed by atoms with E-state index in [0.29, 0.717) is 0 Å². The van der Waals surface area contributed by atoms with Crippen molar-refractivity contribution in [3.05, 3.63) is 47.5 Å². The highest BCUT2D eigenvalue weighted by Crippen LogP contribution is 2.37. The smallest absolute Gasteiger partial charge is 0.124 e. The Bertz CT molecular complexity index is 1070. The van der Waals surface area contributed by atoms with E-state index in [1.165, 1.54) is 0 Å². The van der Waals surface area contributed by atoms with Crippen molar-refractivity contribution >= 4 is 32.5 Å². The topological polar surface area (TPSA) is 71.0 Å². The fourth-order valence-electron chi connectivity index (χ4n) is 3.61. The highest BCUT2D eigenvalue weighted by atomic mass is 32.1. The number of fused-ring (bicyclic) bond motifs is 2. The van der Waals surface area contributed by atoms with Gasteiger partial charge in [0.1, 0.15) is 4.83 Å². The van der Waals surface area contributed by atoms with Crippen LogP contribution >= 0.6 is 11.3 Å². The van der Waals surface area contributed by atoms with Crippen LogP contribution in [0.4, 0.5) is 0 Å². The lowest BCUT2D eigenvalue weighted by molar-refractivity contribution is 0.00856. The van der Waals surface area contributed by atoms with Gasteiger partial charge >= 0.3 is 0 Å². The van der Waals surface area contributed by atoms with Gasteiger partial charge in [0.05, 0.1) is 23.5 Å². The Morgan fingerprint density at radius 2 is 2.00 bits per heavy atom. The molecule has 4 heterocycles. The van der Waals surface area contributed by atoms with Gasteiger partial charge in [0.25, 0.3) is 0 Å². The highest BCUT2D eigenvalue weighted by Gasteiger charge is 2.25. The van der Waals surface area contributed by atoms with Gasteiger partial charge in [-0.05, 0) is 49.1 Å². The van der Waals surface area contributed by atoms with Gasteiger partial charge in [-0.15, -0.1) is 11.3 Å². The molecule has 0 bridgehead atoms. The number of hydrogen-bond donors (Lipinski definition) is 2. The Hall–Kier alpha value is -2.28. The van der Waals surface area contributed by atoms with Crippen LogP contribution in [0.5, 0.6) is 0 Å². The summed E-state index contributed by atoms with van der Waals surface area (Å²) in [5.74, 6) is 0.278. The Morgan fingerprint density at radius 1 is 1.12 bits per heavy atom. The maximum Gasteiger partial charge on any atom is 0.124 e. The molecule has 4 aromatic rings. The first kappa shape index (κ1) is 15.9. The highest BCUT2D eigenvalue weighted by molar-refractivity contribution is 7.18. The molecule has 0 spiro atoms. The minimum atomic E-state index is -0.427. The van der Waals surface area contributed by atoms with Crippen molar-refractivity contribution in [3.8, 4) is 11.3 Å². The molecule has 1 fully saturated rings. The third-order valence-corrected chi connectivity index (χ3v) is 6.26. The van der Waals surface area contributed by atoms with E-state index in [4.69, 9.17) is 9.72 Å². The van der Waals surface area contributed by atoms with Gasteiger partial charge in [0.2, 0.25) is 0 Å². The SMILES string of the molecule is OC(c1cc2ccc(-c3ccc4[nH]ncc4c3)nc2s1)C1CCOCC1. The summed E-state index contributed by atoms with van der Waals surface area (Å²) in [7, 11) is 0. The van der Waals surface area contributed by atoms with Crippen LogP contribution in [0.3, 0.4) is 0 Å². The average Bonchev–Trinajstić information content (AvgIpc) is 3.33. The Labute approximate surface area is 154 Å². The van der Waals surface area contributed by atoms with E-state index in [1.54, 1.807) is 11.3 Å². The zero-order valence-electron chi connectivity index (χ0n) is 14.2. The molecule has 3 aromatic heterocycles. The molecule has 0 aliphatic carbocycles. The minimum Gasteiger partial charge on any atom is -0.387 e. The molecule has 1 unspecified atom stereocenters. The lowest BCUT2D eigenvalue weighted by Gasteiger charge is -2.25. The number of thiophene rings is 1. The first-order valence-corrected chi connectivity index (χ1v) is 9.69. The number of aromatic nitrogens is 3. The number of aliphatic hydroxyl groups is 1. The van der Waals surface area contributed by atoms with Gasteiger partial charge in [-0.2, -0.15) is 5.10 Å². The number of aliphatic hydroxyl groups excluding tert-OH is 1. The fraction of sp³-hybridized carbons (Fsp3) is 0.300. The third kappa shape index (κ3) is 2.80. The van der Waals surface area contributed by atoms with E-state index in [2.05, 4.69) is 34.5 Å². The summed E-state index contributed by atoms with van der Waals surface area (Å²) in [4.78, 5) is 6.81. The Balaban J connectivity index is 1.49. The van der Waals surface area contributed by atoms with Crippen LogP contribution in [0.15, 0.2) is 42.6 Å². The number of aromatic amines is 1. The van der Waals surface area contributed by atoms with Gasteiger partial charge in [0, 0.05) is 34.4 Å². The quantitative estimate of drug-likeness (QED) is 0.568. The molecule has 0 saturated carbocycles. The molecule has 1 atom stereocenters. The Morgan fingerprint density at radius 3 is 2.88 bits per heavy atom. The number of pyridine rings is 1. The van der Waals surface area contributed by atoms with Gasteiger partial charge in [-0.1, -0.05) is 6.07 Å². The first-order valence-electron chi connectivity index (χ1n) is 8.88. The van der Waals surface area contributed by atoms with E-state index >= 15 is 0 Å². The van der Waals surface area contributed by atoms with E-state index in [9.17, 15) is 5.11 Å². The van der Waals surface area contributed by atoms with Crippen LogP contribution in [0.25, 0.3) is 32.4 Å². The molecule has 5 nitrogen and oxygen atoms in total. The van der Waals surface area contributed by atoms with Crippen molar-refractivity contribution < 1.29 is 9.84 Å². The van der Waals surface area contributed by atoms with E-state index in [0.717, 1.165) is 63.3 Å². The molecule has 132 valence electrons. The van der Waals surface area contributed by atoms with Crippen molar-refractivity contribution in [2.45, 2.75) is 18.9 Å². The molecular formula is C20H19N3O2S. The fourth-order valence-corrected chi connectivity index (χ4v) is 4.72. The van der Waals surface area contributed by atoms with Crippen LogP contribution in [-0.2, 0) is 4.74 Å². The average molecular weight is 365 g/mol. The predicted molar refractivity (Wildman–Crippen MR) is 103 cm³/mol. The summed E-state index contributed by atoms with van der Waals surface area (Å²) in [6.07, 6.45) is 3.23. The second-order valence-electron chi connectivity index (χ2n) is 6.81. The van der Waals surface area contributed by atoms with Crippen LogP contribution in [0, 0.1) is 5.92 Å². The number of nitrogens with one attached hydrogen (secondary N) is 1. The zero-order chi connectivity index (χ0) is 17.5. The molecular weight excluding hydrogens is 346 g/mol. The van der Waals surface area contributed by atoms with Crippen molar-refractivity contribution in [2.24, 2.45) is 5.92 Å². The largest absolute Gasteiger partial charge is 0.387 e. The number of nitrogens with zero attached hydrogens (tertiary/aromatic N) is 2. The molecule has 1 saturated heterocycles. The first-order chi connectivity index (χ1) is 12.8.